The molecule has 1 saturated heterocycles. The van der Waals surface area contributed by atoms with E-state index in [0.717, 1.165) is 6.54 Å². The molecule has 0 bridgehead atoms. The van der Waals surface area contributed by atoms with Crippen molar-refractivity contribution < 1.29 is 14.6 Å². The molecule has 1 aromatic carbocycles. The largest absolute Gasteiger partial charge is 0.481 e. The van der Waals surface area contributed by atoms with Crippen LogP contribution in [-0.2, 0) is 9.53 Å². The fourth-order valence-electron chi connectivity index (χ4n) is 2.49. The molecule has 1 N–H and O–H groups in total. The molecule has 2 atom stereocenters. The summed E-state index contributed by atoms with van der Waals surface area (Å²) in [6, 6.07) is 8.56. The number of aliphatic carboxylic acids is 1. The van der Waals surface area contributed by atoms with E-state index in [2.05, 4.69) is 58.7 Å². The first-order chi connectivity index (χ1) is 9.08. The van der Waals surface area contributed by atoms with Gasteiger partial charge in [0.2, 0.25) is 0 Å². The molecule has 0 aliphatic carbocycles. The fourth-order valence-corrected chi connectivity index (χ4v) is 2.85. The third kappa shape index (κ3) is 3.90. The molecule has 5 heteroatoms. The van der Waals surface area contributed by atoms with Crippen LogP contribution in [0.15, 0.2) is 24.3 Å². The molecule has 104 valence electrons. The molecule has 1 heterocycles. The van der Waals surface area contributed by atoms with Gasteiger partial charge in [-0.1, -0.05) is 12.1 Å². The van der Waals surface area contributed by atoms with E-state index < -0.39 is 5.97 Å². The maximum absolute atomic E-state index is 10.9. The molecule has 0 radical (unpaired) electrons. The molecule has 1 aliphatic heterocycles. The number of ether oxygens (including phenoxy) is 1. The van der Waals surface area contributed by atoms with Gasteiger partial charge in [-0.05, 0) is 47.2 Å². The van der Waals surface area contributed by atoms with Crippen molar-refractivity contribution in [1.82, 2.24) is 4.90 Å². The summed E-state index contributed by atoms with van der Waals surface area (Å²) in [6.07, 6.45) is 0.134. The highest BCUT2D eigenvalue weighted by atomic mass is 127. The number of carbonyl (C=O) groups is 1. The van der Waals surface area contributed by atoms with Gasteiger partial charge in [-0.25, -0.2) is 0 Å². The van der Waals surface area contributed by atoms with E-state index >= 15 is 0 Å². The van der Waals surface area contributed by atoms with E-state index in [1.165, 1.54) is 9.13 Å². The average Bonchev–Trinajstić information content (AvgIpc) is 2.39. The number of benzene rings is 1. The van der Waals surface area contributed by atoms with Crippen molar-refractivity contribution in [2.45, 2.75) is 25.4 Å². The number of carboxylic acids is 1. The van der Waals surface area contributed by atoms with E-state index in [1.807, 2.05) is 0 Å². The van der Waals surface area contributed by atoms with Crippen LogP contribution in [0.5, 0.6) is 0 Å². The van der Waals surface area contributed by atoms with Gasteiger partial charge in [-0.15, -0.1) is 0 Å². The summed E-state index contributed by atoms with van der Waals surface area (Å²) in [6.45, 7) is 4.08. The Kier molecular flexibility index (Phi) is 5.18. The number of carboxylic acid groups (broad SMARTS) is 1. The van der Waals surface area contributed by atoms with E-state index in [-0.39, 0.29) is 18.5 Å². The molecule has 4 nitrogen and oxygen atoms in total. The minimum Gasteiger partial charge on any atom is -0.481 e. The van der Waals surface area contributed by atoms with Gasteiger partial charge < -0.3 is 9.84 Å². The summed E-state index contributed by atoms with van der Waals surface area (Å²) >= 11 is 2.28. The molecule has 1 aromatic rings. The van der Waals surface area contributed by atoms with Crippen LogP contribution >= 0.6 is 22.6 Å². The van der Waals surface area contributed by atoms with Gasteiger partial charge in [0.15, 0.2) is 0 Å². The fraction of sp³-hybridized carbons (Fsp3) is 0.500. The van der Waals surface area contributed by atoms with Gasteiger partial charge in [0.05, 0.1) is 19.6 Å². The van der Waals surface area contributed by atoms with Gasteiger partial charge in [0.1, 0.15) is 0 Å². The molecule has 2 unspecified atom stereocenters. The van der Waals surface area contributed by atoms with Crippen LogP contribution in [0.1, 0.15) is 24.9 Å². The van der Waals surface area contributed by atoms with Crippen LogP contribution in [-0.4, -0.2) is 41.8 Å². The summed E-state index contributed by atoms with van der Waals surface area (Å²) in [4.78, 5) is 13.2. The lowest BCUT2D eigenvalue weighted by Gasteiger charge is -2.39. The number of nitrogens with zero attached hydrogens (tertiary/aromatic N) is 1. The number of morpholine rings is 1. The zero-order chi connectivity index (χ0) is 13.8. The second-order valence-electron chi connectivity index (χ2n) is 4.79. The lowest BCUT2D eigenvalue weighted by molar-refractivity contribution is -0.140. The summed E-state index contributed by atoms with van der Waals surface area (Å²) in [5.41, 5.74) is 1.22. The summed E-state index contributed by atoms with van der Waals surface area (Å²) in [7, 11) is 0. The first kappa shape index (κ1) is 14.7. The predicted molar refractivity (Wildman–Crippen MR) is 81.1 cm³/mol. The van der Waals surface area contributed by atoms with E-state index in [1.54, 1.807) is 0 Å². The van der Waals surface area contributed by atoms with Crippen molar-refractivity contribution in [2.24, 2.45) is 0 Å². The summed E-state index contributed by atoms with van der Waals surface area (Å²) in [5.74, 6) is -0.768. The Bertz CT molecular complexity index is 435. The van der Waals surface area contributed by atoms with Crippen LogP contribution in [0.25, 0.3) is 0 Å². The third-order valence-electron chi connectivity index (χ3n) is 3.53. The summed E-state index contributed by atoms with van der Waals surface area (Å²) < 4.78 is 6.62. The quantitative estimate of drug-likeness (QED) is 0.822. The topological polar surface area (TPSA) is 49.8 Å². The molecule has 19 heavy (non-hydrogen) atoms. The van der Waals surface area contributed by atoms with Gasteiger partial charge in [-0.3, -0.25) is 9.69 Å². The van der Waals surface area contributed by atoms with Crippen LogP contribution in [0.4, 0.5) is 0 Å². The zero-order valence-corrected chi connectivity index (χ0v) is 13.0. The first-order valence-electron chi connectivity index (χ1n) is 6.38. The Morgan fingerprint density at radius 2 is 2.21 bits per heavy atom. The van der Waals surface area contributed by atoms with Crippen molar-refractivity contribution in [3.63, 3.8) is 0 Å². The molecule has 0 spiro atoms. The van der Waals surface area contributed by atoms with E-state index in [0.29, 0.717) is 13.2 Å². The summed E-state index contributed by atoms with van der Waals surface area (Å²) in [5, 5.41) is 8.99. The van der Waals surface area contributed by atoms with Crippen molar-refractivity contribution in [3.05, 3.63) is 33.4 Å². The maximum Gasteiger partial charge on any atom is 0.305 e. The highest BCUT2D eigenvalue weighted by molar-refractivity contribution is 14.1. The molecule has 1 aliphatic rings. The Hall–Kier alpha value is -0.660. The number of hydrogen-bond acceptors (Lipinski definition) is 3. The smallest absolute Gasteiger partial charge is 0.305 e. The van der Waals surface area contributed by atoms with E-state index in [4.69, 9.17) is 9.84 Å². The number of rotatable bonds is 4. The average molecular weight is 375 g/mol. The number of hydrogen-bond donors (Lipinski definition) is 1. The second kappa shape index (κ2) is 6.67. The van der Waals surface area contributed by atoms with Crippen LogP contribution in [0.3, 0.4) is 0 Å². The Morgan fingerprint density at radius 1 is 1.53 bits per heavy atom. The molecular weight excluding hydrogens is 357 g/mol. The standard InChI is InChI=1S/C14H18INO3/c1-10(11-2-4-12(15)5-3-11)16-6-7-19-9-13(16)8-14(17)18/h2-5,10,13H,6-9H2,1H3,(H,17,18). The Balaban J connectivity index is 2.12. The Morgan fingerprint density at radius 3 is 2.84 bits per heavy atom. The van der Waals surface area contributed by atoms with Crippen LogP contribution < -0.4 is 0 Å². The van der Waals surface area contributed by atoms with Gasteiger partial charge in [0.25, 0.3) is 0 Å². The molecule has 1 fully saturated rings. The van der Waals surface area contributed by atoms with Gasteiger partial charge in [0, 0.05) is 22.2 Å². The highest BCUT2D eigenvalue weighted by Crippen LogP contribution is 2.26. The Labute approximate surface area is 126 Å². The van der Waals surface area contributed by atoms with Crippen molar-refractivity contribution in [1.29, 1.82) is 0 Å². The maximum atomic E-state index is 10.9. The minimum absolute atomic E-state index is 0.0412. The number of halogens is 1. The molecule has 0 aromatic heterocycles. The van der Waals surface area contributed by atoms with E-state index in [9.17, 15) is 4.79 Å². The molecule has 0 amide bonds. The molecule has 0 saturated carbocycles. The first-order valence-corrected chi connectivity index (χ1v) is 7.46. The predicted octanol–water partition coefficient (Wildman–Crippen LogP) is 2.53. The van der Waals surface area contributed by atoms with Crippen LogP contribution in [0, 0.1) is 3.57 Å². The lowest BCUT2D eigenvalue weighted by atomic mass is 10.0. The minimum atomic E-state index is -0.768. The lowest BCUT2D eigenvalue weighted by Crippen LogP contribution is -2.47. The molecular formula is C14H18INO3. The normalized spacial score (nSPS) is 22.1. The zero-order valence-electron chi connectivity index (χ0n) is 10.9. The van der Waals surface area contributed by atoms with Gasteiger partial charge in [-0.2, -0.15) is 0 Å². The van der Waals surface area contributed by atoms with Gasteiger partial charge >= 0.3 is 5.97 Å². The third-order valence-corrected chi connectivity index (χ3v) is 4.25. The van der Waals surface area contributed by atoms with Crippen LogP contribution in [0.2, 0.25) is 0 Å². The monoisotopic (exact) mass is 375 g/mol. The highest BCUT2D eigenvalue weighted by Gasteiger charge is 2.29. The molecule has 2 rings (SSSR count). The SMILES string of the molecule is CC(c1ccc(I)cc1)N1CCOCC1CC(=O)O. The second-order valence-corrected chi connectivity index (χ2v) is 6.04. The van der Waals surface area contributed by atoms with Crippen molar-refractivity contribution in [3.8, 4) is 0 Å². The van der Waals surface area contributed by atoms with Crippen molar-refractivity contribution in [2.75, 3.05) is 19.8 Å². The van der Waals surface area contributed by atoms with Crippen molar-refractivity contribution >= 4 is 28.6 Å².